The minimum atomic E-state index is -0.0921. The fraction of sp³-hybridized carbons (Fsp3) is 0.400. The maximum absolute atomic E-state index is 11.9. The molecule has 4 nitrogen and oxygen atoms in total. The summed E-state index contributed by atoms with van der Waals surface area (Å²) in [6.45, 7) is 4.95. The Bertz CT molecular complexity index is 570. The third-order valence-electron chi connectivity index (χ3n) is 3.61. The molecular weight excluding hydrogens is 238 g/mol. The molecule has 0 aliphatic heterocycles. The van der Waals surface area contributed by atoms with Gasteiger partial charge >= 0.3 is 0 Å². The van der Waals surface area contributed by atoms with Gasteiger partial charge in [-0.1, -0.05) is 25.1 Å². The normalized spacial score (nSPS) is 12.6. The van der Waals surface area contributed by atoms with Gasteiger partial charge in [0.1, 0.15) is 0 Å². The van der Waals surface area contributed by atoms with Gasteiger partial charge in [0, 0.05) is 35.6 Å². The van der Waals surface area contributed by atoms with Gasteiger partial charge in [-0.05, 0) is 25.0 Å². The van der Waals surface area contributed by atoms with E-state index in [0.29, 0.717) is 13.1 Å². The lowest BCUT2D eigenvalue weighted by atomic mass is 10.1. The second kappa shape index (κ2) is 5.89. The van der Waals surface area contributed by atoms with Crippen LogP contribution >= 0.6 is 0 Å². The highest BCUT2D eigenvalue weighted by atomic mass is 16.1. The van der Waals surface area contributed by atoms with Crippen LogP contribution in [0.1, 0.15) is 24.6 Å². The van der Waals surface area contributed by atoms with Gasteiger partial charge in [-0.25, -0.2) is 0 Å². The number of aryl methyl sites for hydroxylation is 1. The van der Waals surface area contributed by atoms with E-state index in [1.54, 1.807) is 0 Å². The molecule has 2 aromatic rings. The Hall–Kier alpha value is -1.81. The van der Waals surface area contributed by atoms with E-state index in [2.05, 4.69) is 16.4 Å². The molecule has 1 atom stereocenters. The Labute approximate surface area is 113 Å². The van der Waals surface area contributed by atoms with E-state index in [9.17, 15) is 4.79 Å². The molecule has 0 saturated heterocycles. The largest absolute Gasteiger partial charge is 0.358 e. The number of hydrogen-bond donors (Lipinski definition) is 3. The molecule has 1 aromatic heterocycles. The number of para-hydroxylation sites is 1. The second-order valence-electron chi connectivity index (χ2n) is 4.83. The van der Waals surface area contributed by atoms with Crippen molar-refractivity contribution >= 4 is 16.8 Å². The Morgan fingerprint density at radius 2 is 2.16 bits per heavy atom. The zero-order chi connectivity index (χ0) is 13.8. The number of carbonyl (C=O) groups excluding carboxylic acids is 1. The summed E-state index contributed by atoms with van der Waals surface area (Å²) >= 11 is 0. The van der Waals surface area contributed by atoms with Crippen LogP contribution in [0.15, 0.2) is 24.3 Å². The molecule has 4 heteroatoms. The highest BCUT2D eigenvalue weighted by Crippen LogP contribution is 2.21. The van der Waals surface area contributed by atoms with E-state index in [4.69, 9.17) is 5.73 Å². The van der Waals surface area contributed by atoms with Gasteiger partial charge in [0.15, 0.2) is 0 Å². The fourth-order valence-electron chi connectivity index (χ4n) is 2.34. The molecule has 0 aliphatic rings. The lowest BCUT2D eigenvalue weighted by Gasteiger charge is -2.12. The zero-order valence-corrected chi connectivity index (χ0v) is 11.5. The van der Waals surface area contributed by atoms with E-state index in [-0.39, 0.29) is 11.8 Å². The van der Waals surface area contributed by atoms with E-state index in [1.165, 1.54) is 5.39 Å². The molecule has 1 amide bonds. The molecule has 2 rings (SSSR count). The van der Waals surface area contributed by atoms with Gasteiger partial charge < -0.3 is 16.0 Å². The number of amides is 1. The van der Waals surface area contributed by atoms with Gasteiger partial charge in [-0.15, -0.1) is 0 Å². The summed E-state index contributed by atoms with van der Waals surface area (Å²) in [6, 6.07) is 8.13. The minimum Gasteiger partial charge on any atom is -0.358 e. The van der Waals surface area contributed by atoms with Crippen LogP contribution in [0.2, 0.25) is 0 Å². The molecule has 1 heterocycles. The fourth-order valence-corrected chi connectivity index (χ4v) is 2.34. The SMILES string of the molecule is CCC(CN)C(=O)NCc1c(C)[nH]c2ccccc12. The van der Waals surface area contributed by atoms with Crippen molar-refractivity contribution in [3.8, 4) is 0 Å². The summed E-state index contributed by atoms with van der Waals surface area (Å²) < 4.78 is 0. The number of nitrogens with one attached hydrogen (secondary N) is 2. The van der Waals surface area contributed by atoms with Crippen molar-refractivity contribution in [3.05, 3.63) is 35.5 Å². The van der Waals surface area contributed by atoms with Crippen LogP contribution in [0.3, 0.4) is 0 Å². The highest BCUT2D eigenvalue weighted by Gasteiger charge is 2.15. The van der Waals surface area contributed by atoms with Gasteiger partial charge in [0.2, 0.25) is 5.91 Å². The topological polar surface area (TPSA) is 70.9 Å². The molecule has 0 aliphatic carbocycles. The van der Waals surface area contributed by atoms with Crippen molar-refractivity contribution < 1.29 is 4.79 Å². The first kappa shape index (κ1) is 13.6. The summed E-state index contributed by atoms with van der Waals surface area (Å²) in [5, 5.41) is 4.15. The number of rotatable bonds is 5. The van der Waals surface area contributed by atoms with Crippen LogP contribution in [0.4, 0.5) is 0 Å². The Balaban J connectivity index is 2.14. The Morgan fingerprint density at radius 1 is 1.42 bits per heavy atom. The predicted molar refractivity (Wildman–Crippen MR) is 77.7 cm³/mol. The molecular formula is C15H21N3O. The third kappa shape index (κ3) is 2.79. The van der Waals surface area contributed by atoms with Crippen molar-refractivity contribution in [1.29, 1.82) is 0 Å². The van der Waals surface area contributed by atoms with E-state index in [1.807, 2.05) is 32.0 Å². The van der Waals surface area contributed by atoms with Crippen LogP contribution in [0.5, 0.6) is 0 Å². The first-order valence-corrected chi connectivity index (χ1v) is 6.71. The summed E-state index contributed by atoms with van der Waals surface area (Å²) in [5.74, 6) is -0.0554. The maximum atomic E-state index is 11.9. The van der Waals surface area contributed by atoms with Crippen molar-refractivity contribution in [1.82, 2.24) is 10.3 Å². The number of nitrogens with two attached hydrogens (primary N) is 1. The zero-order valence-electron chi connectivity index (χ0n) is 11.5. The van der Waals surface area contributed by atoms with Gasteiger partial charge in [0.25, 0.3) is 0 Å². The van der Waals surface area contributed by atoms with Crippen LogP contribution in [-0.4, -0.2) is 17.4 Å². The van der Waals surface area contributed by atoms with Crippen molar-refractivity contribution in [2.75, 3.05) is 6.54 Å². The summed E-state index contributed by atoms with van der Waals surface area (Å²) in [4.78, 5) is 15.3. The summed E-state index contributed by atoms with van der Waals surface area (Å²) in [7, 11) is 0. The maximum Gasteiger partial charge on any atom is 0.224 e. The van der Waals surface area contributed by atoms with Crippen LogP contribution < -0.4 is 11.1 Å². The lowest BCUT2D eigenvalue weighted by molar-refractivity contribution is -0.124. The quantitative estimate of drug-likeness (QED) is 0.769. The average molecular weight is 259 g/mol. The number of aromatic nitrogens is 1. The van der Waals surface area contributed by atoms with Crippen LogP contribution in [-0.2, 0) is 11.3 Å². The van der Waals surface area contributed by atoms with E-state index >= 15 is 0 Å². The number of H-pyrrole nitrogens is 1. The molecule has 1 aromatic carbocycles. The van der Waals surface area contributed by atoms with E-state index < -0.39 is 0 Å². The van der Waals surface area contributed by atoms with Crippen molar-refractivity contribution in [2.45, 2.75) is 26.8 Å². The van der Waals surface area contributed by atoms with Gasteiger partial charge in [-0.2, -0.15) is 0 Å². The summed E-state index contributed by atoms with van der Waals surface area (Å²) in [6.07, 6.45) is 0.773. The van der Waals surface area contributed by atoms with Crippen LogP contribution in [0.25, 0.3) is 10.9 Å². The Morgan fingerprint density at radius 3 is 2.84 bits per heavy atom. The minimum absolute atomic E-state index is 0.0367. The van der Waals surface area contributed by atoms with Gasteiger partial charge in [0.05, 0.1) is 0 Å². The molecule has 0 spiro atoms. The number of hydrogen-bond acceptors (Lipinski definition) is 2. The first-order valence-electron chi connectivity index (χ1n) is 6.71. The number of benzene rings is 1. The first-order chi connectivity index (χ1) is 9.17. The highest BCUT2D eigenvalue weighted by molar-refractivity contribution is 5.85. The van der Waals surface area contributed by atoms with Crippen LogP contribution in [0, 0.1) is 12.8 Å². The molecule has 102 valence electrons. The monoisotopic (exact) mass is 259 g/mol. The third-order valence-corrected chi connectivity index (χ3v) is 3.61. The number of fused-ring (bicyclic) bond motifs is 1. The average Bonchev–Trinajstić information content (AvgIpc) is 2.73. The predicted octanol–water partition coefficient (Wildman–Crippen LogP) is 2.08. The smallest absolute Gasteiger partial charge is 0.224 e. The molecule has 0 radical (unpaired) electrons. The number of aromatic amines is 1. The second-order valence-corrected chi connectivity index (χ2v) is 4.83. The standard InChI is InChI=1S/C15H21N3O/c1-3-11(8-16)15(19)17-9-13-10(2)18-14-7-5-4-6-12(13)14/h4-7,11,18H,3,8-9,16H2,1-2H3,(H,17,19). The Kier molecular flexibility index (Phi) is 4.22. The number of carbonyl (C=O) groups is 1. The van der Waals surface area contributed by atoms with Gasteiger partial charge in [-0.3, -0.25) is 4.79 Å². The summed E-state index contributed by atoms with van der Waals surface area (Å²) in [5.41, 5.74) is 8.94. The van der Waals surface area contributed by atoms with Crippen molar-refractivity contribution in [2.24, 2.45) is 11.7 Å². The molecule has 19 heavy (non-hydrogen) atoms. The van der Waals surface area contributed by atoms with E-state index in [0.717, 1.165) is 23.2 Å². The molecule has 0 fully saturated rings. The molecule has 0 bridgehead atoms. The lowest BCUT2D eigenvalue weighted by Crippen LogP contribution is -2.34. The van der Waals surface area contributed by atoms with Crippen molar-refractivity contribution in [3.63, 3.8) is 0 Å². The molecule has 0 saturated carbocycles. The molecule has 1 unspecified atom stereocenters. The molecule has 4 N–H and O–H groups in total.